The number of hydrazine groups is 1. The highest BCUT2D eigenvalue weighted by Gasteiger charge is 2.54. The van der Waals surface area contributed by atoms with Crippen LogP contribution in [0, 0.1) is 0 Å². The van der Waals surface area contributed by atoms with Crippen LogP contribution in [0.4, 0.5) is 0 Å². The van der Waals surface area contributed by atoms with Crippen LogP contribution in [0.15, 0.2) is 53.1 Å². The molecule has 2 fully saturated rings. The topological polar surface area (TPSA) is 82.9 Å². The van der Waals surface area contributed by atoms with Gasteiger partial charge in [0.2, 0.25) is 0 Å². The van der Waals surface area contributed by atoms with Crippen LogP contribution in [-0.2, 0) is 15.0 Å². The van der Waals surface area contributed by atoms with Crippen LogP contribution in [0.25, 0.3) is 0 Å². The second kappa shape index (κ2) is 6.90. The average Bonchev–Trinajstić information content (AvgIpc) is 3.11. The summed E-state index contributed by atoms with van der Waals surface area (Å²) in [5, 5.41) is 5.57. The molecule has 1 aromatic heterocycles. The maximum Gasteiger partial charge on any atom is 0.287 e. The number of benzene rings is 1. The van der Waals surface area contributed by atoms with Gasteiger partial charge in [0.25, 0.3) is 17.7 Å². The van der Waals surface area contributed by atoms with Crippen LogP contribution in [0.1, 0.15) is 35.4 Å². The molecule has 1 aromatic carbocycles. The van der Waals surface area contributed by atoms with Crippen LogP contribution >= 0.6 is 0 Å². The lowest BCUT2D eigenvalue weighted by Crippen LogP contribution is -2.51. The van der Waals surface area contributed by atoms with Crippen LogP contribution in [-0.4, -0.2) is 47.4 Å². The summed E-state index contributed by atoms with van der Waals surface area (Å²) in [7, 11) is 0. The second-order valence-corrected chi connectivity index (χ2v) is 6.91. The number of nitrogens with one attached hydrogen (secondary N) is 1. The fraction of sp³-hybridized carbons (Fsp3) is 0.350. The molecule has 1 N–H and O–H groups in total. The Balaban J connectivity index is 1.42. The van der Waals surface area contributed by atoms with Crippen molar-refractivity contribution in [2.75, 3.05) is 19.6 Å². The lowest BCUT2D eigenvalue weighted by atomic mass is 9.95. The van der Waals surface area contributed by atoms with E-state index in [1.807, 2.05) is 30.3 Å². The molecule has 2 aliphatic rings. The molecule has 7 nitrogen and oxygen atoms in total. The molecule has 0 spiro atoms. The molecule has 1 aliphatic heterocycles. The zero-order chi connectivity index (χ0) is 18.9. The van der Waals surface area contributed by atoms with Crippen molar-refractivity contribution < 1.29 is 18.8 Å². The maximum absolute atomic E-state index is 13.2. The highest BCUT2D eigenvalue weighted by molar-refractivity contribution is 5.96. The van der Waals surface area contributed by atoms with Crippen molar-refractivity contribution in [2.24, 2.45) is 0 Å². The van der Waals surface area contributed by atoms with Crippen molar-refractivity contribution >= 4 is 17.7 Å². The quantitative estimate of drug-likeness (QED) is 0.872. The first kappa shape index (κ1) is 17.3. The minimum Gasteiger partial charge on any atom is -0.459 e. The first-order chi connectivity index (χ1) is 13.1. The molecule has 0 radical (unpaired) electrons. The third-order valence-corrected chi connectivity index (χ3v) is 5.18. The molecule has 4 rings (SSSR count). The highest BCUT2D eigenvalue weighted by atomic mass is 16.3. The Kier molecular flexibility index (Phi) is 4.43. The second-order valence-electron chi connectivity index (χ2n) is 6.91. The molecule has 140 valence electrons. The van der Waals surface area contributed by atoms with E-state index in [9.17, 15) is 14.4 Å². The van der Waals surface area contributed by atoms with Crippen molar-refractivity contribution in [2.45, 2.75) is 24.7 Å². The summed E-state index contributed by atoms with van der Waals surface area (Å²) >= 11 is 0. The van der Waals surface area contributed by atoms with Crippen molar-refractivity contribution in [3.8, 4) is 0 Å². The summed E-state index contributed by atoms with van der Waals surface area (Å²) in [5.74, 6) is -0.631. The van der Waals surface area contributed by atoms with Gasteiger partial charge < -0.3 is 9.73 Å². The normalized spacial score (nSPS) is 17.6. The molecule has 0 atom stereocenters. The first-order valence-electron chi connectivity index (χ1n) is 9.11. The van der Waals surface area contributed by atoms with Gasteiger partial charge in [0.15, 0.2) is 5.76 Å². The van der Waals surface area contributed by atoms with Gasteiger partial charge in [-0.05, 0) is 37.0 Å². The summed E-state index contributed by atoms with van der Waals surface area (Å²) in [6.45, 7) is 0.818. The smallest absolute Gasteiger partial charge is 0.287 e. The van der Waals surface area contributed by atoms with Gasteiger partial charge in [-0.1, -0.05) is 30.3 Å². The molecular weight excluding hydrogens is 346 g/mol. The number of carbonyl (C=O) groups is 3. The third kappa shape index (κ3) is 3.20. The van der Waals surface area contributed by atoms with E-state index in [-0.39, 0.29) is 24.1 Å². The van der Waals surface area contributed by atoms with Crippen LogP contribution in [0.5, 0.6) is 0 Å². The van der Waals surface area contributed by atoms with E-state index < -0.39 is 11.3 Å². The van der Waals surface area contributed by atoms with E-state index in [2.05, 4.69) is 5.32 Å². The van der Waals surface area contributed by atoms with E-state index in [0.29, 0.717) is 13.1 Å². The Morgan fingerprint density at radius 1 is 1.00 bits per heavy atom. The van der Waals surface area contributed by atoms with Gasteiger partial charge in [0.1, 0.15) is 0 Å². The molecule has 7 heteroatoms. The number of nitrogens with zero attached hydrogens (tertiary/aromatic N) is 2. The molecule has 3 amide bonds. The third-order valence-electron chi connectivity index (χ3n) is 5.18. The largest absolute Gasteiger partial charge is 0.459 e. The summed E-state index contributed by atoms with van der Waals surface area (Å²) < 4.78 is 5.01. The molecule has 0 unspecified atom stereocenters. The van der Waals surface area contributed by atoms with E-state index in [4.69, 9.17) is 4.42 Å². The van der Waals surface area contributed by atoms with Crippen molar-refractivity contribution in [1.29, 1.82) is 0 Å². The van der Waals surface area contributed by atoms with Crippen LogP contribution in [0.2, 0.25) is 0 Å². The molecule has 2 aromatic rings. The van der Waals surface area contributed by atoms with E-state index >= 15 is 0 Å². The minimum absolute atomic E-state index is 0.0306. The standard InChI is InChI=1S/C20H21N3O4/c24-17(14-21-18(25)16-8-4-13-27-16)22-11-5-12-23(22)19(26)20(9-10-20)15-6-2-1-3-7-15/h1-4,6-8,13H,5,9-12,14H2,(H,21,25). The number of hydrogen-bond donors (Lipinski definition) is 1. The lowest BCUT2D eigenvalue weighted by molar-refractivity contribution is -0.158. The maximum atomic E-state index is 13.2. The van der Waals surface area contributed by atoms with Crippen molar-refractivity contribution in [1.82, 2.24) is 15.3 Å². The Morgan fingerprint density at radius 2 is 1.74 bits per heavy atom. The molecule has 0 bridgehead atoms. The number of rotatable bonds is 5. The summed E-state index contributed by atoms with van der Waals surface area (Å²) in [6.07, 6.45) is 3.72. The predicted octanol–water partition coefficient (Wildman–Crippen LogP) is 1.72. The van der Waals surface area contributed by atoms with E-state index in [0.717, 1.165) is 24.8 Å². The van der Waals surface area contributed by atoms with E-state index in [1.165, 1.54) is 17.3 Å². The average molecular weight is 367 g/mol. The van der Waals surface area contributed by atoms with Gasteiger partial charge >= 0.3 is 0 Å². The van der Waals surface area contributed by atoms with Crippen molar-refractivity contribution in [3.63, 3.8) is 0 Å². The lowest BCUT2D eigenvalue weighted by Gasteiger charge is -2.31. The summed E-state index contributed by atoms with van der Waals surface area (Å²) in [6, 6.07) is 12.9. The zero-order valence-electron chi connectivity index (χ0n) is 14.9. The molecular formula is C20H21N3O4. The van der Waals surface area contributed by atoms with Gasteiger partial charge in [0.05, 0.1) is 18.2 Å². The molecule has 1 saturated carbocycles. The van der Waals surface area contributed by atoms with Gasteiger partial charge in [-0.2, -0.15) is 0 Å². The fourth-order valence-corrected chi connectivity index (χ4v) is 3.58. The summed E-state index contributed by atoms with van der Waals surface area (Å²) in [5.41, 5.74) is 0.488. The highest BCUT2D eigenvalue weighted by Crippen LogP contribution is 2.50. The molecule has 1 saturated heterocycles. The Bertz CT molecular complexity index is 843. The van der Waals surface area contributed by atoms with Crippen LogP contribution in [0.3, 0.4) is 0 Å². The van der Waals surface area contributed by atoms with Crippen LogP contribution < -0.4 is 5.32 Å². The molecule has 27 heavy (non-hydrogen) atoms. The monoisotopic (exact) mass is 367 g/mol. The number of amides is 3. The predicted molar refractivity (Wildman–Crippen MR) is 96.4 cm³/mol. The fourth-order valence-electron chi connectivity index (χ4n) is 3.58. The van der Waals surface area contributed by atoms with Gasteiger partial charge in [-0.3, -0.25) is 19.4 Å². The first-order valence-corrected chi connectivity index (χ1v) is 9.11. The summed E-state index contributed by atoms with van der Waals surface area (Å²) in [4.78, 5) is 37.7. The number of furan rings is 1. The number of hydrogen-bond acceptors (Lipinski definition) is 4. The Morgan fingerprint density at radius 3 is 2.41 bits per heavy atom. The van der Waals surface area contributed by atoms with Gasteiger partial charge in [-0.15, -0.1) is 0 Å². The SMILES string of the molecule is O=C(NCC(=O)N1CCCN1C(=O)C1(c2ccccc2)CC1)c1ccco1. The van der Waals surface area contributed by atoms with Crippen molar-refractivity contribution in [3.05, 3.63) is 60.1 Å². The molecule has 1 aliphatic carbocycles. The zero-order valence-corrected chi connectivity index (χ0v) is 14.9. The minimum atomic E-state index is -0.512. The molecule has 2 heterocycles. The number of carbonyl (C=O) groups excluding carboxylic acids is 3. The van der Waals surface area contributed by atoms with E-state index in [1.54, 1.807) is 11.1 Å². The van der Waals surface area contributed by atoms with Gasteiger partial charge in [-0.25, -0.2) is 5.01 Å². The Hall–Kier alpha value is -3.09. The Labute approximate surface area is 156 Å². The van der Waals surface area contributed by atoms with Gasteiger partial charge in [0, 0.05) is 13.1 Å².